The second kappa shape index (κ2) is 8.30. The minimum Gasteiger partial charge on any atom is -0.353 e. The molecule has 0 aliphatic heterocycles. The van der Waals surface area contributed by atoms with E-state index in [-0.39, 0.29) is 17.7 Å². The molecule has 0 heterocycles. The average molecular weight is 434 g/mol. The normalized spacial score (nSPS) is 21.5. The van der Waals surface area contributed by atoms with Gasteiger partial charge in [-0.15, -0.1) is 0 Å². The molecule has 0 aromatic heterocycles. The molecule has 0 radical (unpaired) electrons. The van der Waals surface area contributed by atoms with E-state index in [0.29, 0.717) is 22.0 Å². The van der Waals surface area contributed by atoms with E-state index < -0.39 is 0 Å². The molecule has 2 unspecified atom stereocenters. The number of rotatable bonds is 6. The van der Waals surface area contributed by atoms with E-state index in [4.69, 9.17) is 23.2 Å². The highest BCUT2D eigenvalue weighted by atomic mass is 35.5. The van der Waals surface area contributed by atoms with Gasteiger partial charge >= 0.3 is 0 Å². The second-order valence-electron chi connectivity index (χ2n) is 8.16. The van der Waals surface area contributed by atoms with Crippen LogP contribution in [0, 0.1) is 5.92 Å². The summed E-state index contributed by atoms with van der Waals surface area (Å²) in [5.74, 6) is 0.839. The fraction of sp³-hybridized carbons (Fsp3) is 0.435. The number of amides is 1. The van der Waals surface area contributed by atoms with Gasteiger partial charge in [0.25, 0.3) is 0 Å². The predicted octanol–water partition coefficient (Wildman–Crippen LogP) is 7.04. The minimum absolute atomic E-state index is 0.0364. The lowest BCUT2D eigenvalue weighted by Crippen LogP contribution is -2.40. The van der Waals surface area contributed by atoms with Crippen molar-refractivity contribution < 1.29 is 4.79 Å². The van der Waals surface area contributed by atoms with E-state index in [1.54, 1.807) is 11.8 Å². The highest BCUT2D eigenvalue weighted by Crippen LogP contribution is 2.52. The minimum atomic E-state index is 0.0364. The summed E-state index contributed by atoms with van der Waals surface area (Å²) in [4.78, 5) is 14.6. The zero-order chi connectivity index (χ0) is 19.8. The topological polar surface area (TPSA) is 29.1 Å². The van der Waals surface area contributed by atoms with Crippen molar-refractivity contribution in [2.75, 3.05) is 0 Å². The molecule has 2 atom stereocenters. The third-order valence-corrected chi connectivity index (χ3v) is 7.98. The third kappa shape index (κ3) is 4.08. The van der Waals surface area contributed by atoms with Gasteiger partial charge in [0.05, 0.1) is 10.0 Å². The number of nitrogens with one attached hydrogen (secondary N) is 1. The zero-order valence-electron chi connectivity index (χ0n) is 16.2. The largest absolute Gasteiger partial charge is 0.353 e. The van der Waals surface area contributed by atoms with Gasteiger partial charge < -0.3 is 5.32 Å². The number of hydrogen-bond acceptors (Lipinski definition) is 2. The van der Waals surface area contributed by atoms with Crippen LogP contribution in [-0.4, -0.2) is 11.9 Å². The molecular weight excluding hydrogens is 409 g/mol. The van der Waals surface area contributed by atoms with E-state index >= 15 is 0 Å². The Hall–Kier alpha value is -1.16. The Bertz CT molecular complexity index is 894. The van der Waals surface area contributed by atoms with Gasteiger partial charge in [0.15, 0.2) is 0 Å². The third-order valence-electron chi connectivity index (χ3n) is 5.82. The second-order valence-corrected chi connectivity index (χ2v) is 10.0. The smallest absolute Gasteiger partial charge is 0.223 e. The fourth-order valence-corrected chi connectivity index (χ4v) is 5.55. The maximum absolute atomic E-state index is 12.4. The first-order valence-corrected chi connectivity index (χ1v) is 11.6. The summed E-state index contributed by atoms with van der Waals surface area (Å²) in [6.45, 7) is 4.39. The Labute approximate surface area is 181 Å². The molecule has 5 heteroatoms. The number of carbonyl (C=O) groups excluding carboxylic acids is 1. The molecule has 1 amide bonds. The Morgan fingerprint density at radius 1 is 1.07 bits per heavy atom. The van der Waals surface area contributed by atoms with Crippen LogP contribution in [0.1, 0.15) is 62.5 Å². The van der Waals surface area contributed by atoms with Gasteiger partial charge in [-0.05, 0) is 60.8 Å². The Kier molecular flexibility index (Phi) is 5.96. The van der Waals surface area contributed by atoms with Crippen LogP contribution in [0.25, 0.3) is 0 Å². The summed E-state index contributed by atoms with van der Waals surface area (Å²) in [6.07, 6.45) is 4.30. The molecule has 2 aliphatic rings. The summed E-state index contributed by atoms with van der Waals surface area (Å²) >= 11 is 14.9. The van der Waals surface area contributed by atoms with E-state index in [0.717, 1.165) is 29.7 Å². The van der Waals surface area contributed by atoms with Crippen molar-refractivity contribution in [3.05, 3.63) is 57.6 Å². The molecule has 2 aromatic carbocycles. The van der Waals surface area contributed by atoms with E-state index in [1.165, 1.54) is 16.9 Å². The van der Waals surface area contributed by atoms with E-state index in [9.17, 15) is 4.79 Å². The van der Waals surface area contributed by atoms with Gasteiger partial charge in [-0.3, -0.25) is 4.79 Å². The van der Waals surface area contributed by atoms with Crippen molar-refractivity contribution in [1.82, 2.24) is 5.32 Å². The van der Waals surface area contributed by atoms with Gasteiger partial charge in [-0.2, -0.15) is 0 Å². The van der Waals surface area contributed by atoms with E-state index in [1.807, 2.05) is 12.1 Å². The molecule has 148 valence electrons. The van der Waals surface area contributed by atoms with Crippen LogP contribution >= 0.6 is 35.0 Å². The van der Waals surface area contributed by atoms with Gasteiger partial charge in [-0.25, -0.2) is 0 Å². The lowest BCUT2D eigenvalue weighted by atomic mass is 9.93. The molecule has 1 N–H and O–H groups in total. The molecule has 2 aromatic rings. The first kappa shape index (κ1) is 20.1. The molecule has 2 saturated carbocycles. The molecule has 2 fully saturated rings. The first-order valence-electron chi connectivity index (χ1n) is 10.0. The number of carbonyl (C=O) groups is 1. The van der Waals surface area contributed by atoms with Crippen LogP contribution in [0.5, 0.6) is 0 Å². The Morgan fingerprint density at radius 2 is 1.82 bits per heavy atom. The van der Waals surface area contributed by atoms with Crippen molar-refractivity contribution in [3.63, 3.8) is 0 Å². The lowest BCUT2D eigenvalue weighted by molar-refractivity contribution is -0.123. The van der Waals surface area contributed by atoms with Gasteiger partial charge in [0.1, 0.15) is 0 Å². The molecule has 0 bridgehead atoms. The number of halogens is 2. The summed E-state index contributed by atoms with van der Waals surface area (Å²) in [5, 5.41) is 4.34. The predicted molar refractivity (Wildman–Crippen MR) is 118 cm³/mol. The van der Waals surface area contributed by atoms with Gasteiger partial charge in [-0.1, -0.05) is 73.1 Å². The molecule has 28 heavy (non-hydrogen) atoms. The van der Waals surface area contributed by atoms with Crippen LogP contribution in [0.2, 0.25) is 10.0 Å². The standard InChI is InChI=1S/C23H25Cl2NOS/c1-13(2)15-8-3-4-9-19(15)28-20-11-10-16(21(24)22(20)25)17-12-18(17)23(27)26-14-6-5-7-14/h3-4,8-11,13-14,17-18H,5-7,12H2,1-2H3,(H,26,27). The van der Waals surface area contributed by atoms with Crippen LogP contribution in [0.15, 0.2) is 46.2 Å². The fourth-order valence-electron chi connectivity index (χ4n) is 3.77. The first-order chi connectivity index (χ1) is 13.5. The molecule has 4 rings (SSSR count). The number of benzene rings is 2. The summed E-state index contributed by atoms with van der Waals surface area (Å²) in [6, 6.07) is 12.9. The zero-order valence-corrected chi connectivity index (χ0v) is 18.5. The highest BCUT2D eigenvalue weighted by molar-refractivity contribution is 7.99. The molecule has 0 spiro atoms. The van der Waals surface area contributed by atoms with Crippen LogP contribution < -0.4 is 5.32 Å². The average Bonchev–Trinajstić information content (AvgIpc) is 3.43. The Morgan fingerprint density at radius 3 is 2.50 bits per heavy atom. The summed E-state index contributed by atoms with van der Waals surface area (Å²) < 4.78 is 0. The van der Waals surface area contributed by atoms with Crippen molar-refractivity contribution >= 4 is 40.9 Å². The molecule has 2 nitrogen and oxygen atoms in total. The van der Waals surface area contributed by atoms with Crippen molar-refractivity contribution in [1.29, 1.82) is 0 Å². The molecule has 2 aliphatic carbocycles. The van der Waals surface area contributed by atoms with Crippen LogP contribution in [0.3, 0.4) is 0 Å². The molecular formula is C23H25Cl2NOS. The highest BCUT2D eigenvalue weighted by Gasteiger charge is 2.46. The quantitative estimate of drug-likeness (QED) is 0.528. The van der Waals surface area contributed by atoms with Crippen molar-refractivity contribution in [2.45, 2.75) is 67.2 Å². The molecule has 0 saturated heterocycles. The van der Waals surface area contributed by atoms with Crippen molar-refractivity contribution in [3.8, 4) is 0 Å². The maximum atomic E-state index is 12.4. The maximum Gasteiger partial charge on any atom is 0.223 e. The number of hydrogen-bond donors (Lipinski definition) is 1. The van der Waals surface area contributed by atoms with Crippen molar-refractivity contribution in [2.24, 2.45) is 5.92 Å². The monoisotopic (exact) mass is 433 g/mol. The van der Waals surface area contributed by atoms with Crippen LogP contribution in [-0.2, 0) is 4.79 Å². The van der Waals surface area contributed by atoms with E-state index in [2.05, 4.69) is 43.4 Å². The lowest BCUT2D eigenvalue weighted by Gasteiger charge is -2.26. The van der Waals surface area contributed by atoms with Gasteiger partial charge in [0.2, 0.25) is 5.91 Å². The van der Waals surface area contributed by atoms with Gasteiger partial charge in [0, 0.05) is 21.8 Å². The Balaban J connectivity index is 1.49. The SMILES string of the molecule is CC(C)c1ccccc1Sc1ccc(C2CC2C(=O)NC2CCC2)c(Cl)c1Cl. The summed E-state index contributed by atoms with van der Waals surface area (Å²) in [7, 11) is 0. The van der Waals surface area contributed by atoms with Crippen LogP contribution in [0.4, 0.5) is 0 Å². The summed E-state index contributed by atoms with van der Waals surface area (Å²) in [5.41, 5.74) is 2.31.